The van der Waals surface area contributed by atoms with Crippen LogP contribution in [0.3, 0.4) is 0 Å². The lowest BCUT2D eigenvalue weighted by atomic mass is 9.90. The summed E-state index contributed by atoms with van der Waals surface area (Å²) in [6.45, 7) is 6.22. The van der Waals surface area contributed by atoms with Crippen LogP contribution in [0.4, 0.5) is 5.69 Å². The molecular weight excluding hydrogens is 1120 g/mol. The molecule has 6 rings (SSSR count). The van der Waals surface area contributed by atoms with Gasteiger partial charge in [0.2, 0.25) is 5.36 Å². The molecule has 0 saturated carbocycles. The number of ketones is 2. The number of hydrogen-bond donors (Lipinski definition) is 5. The number of Topliss-reactive ketones (excluding diaryl/α,β-unsaturated/α-hetero) is 2. The van der Waals surface area contributed by atoms with Gasteiger partial charge in [0.05, 0.1) is 57.9 Å². The molecule has 0 spiro atoms. The Labute approximate surface area is 474 Å². The third-order valence-corrected chi connectivity index (χ3v) is 15.8. The van der Waals surface area contributed by atoms with Crippen molar-refractivity contribution in [3.63, 3.8) is 0 Å². The minimum atomic E-state index is -5.33. The number of fused-ring (bicyclic) bond motifs is 2. The molecule has 3 amide bonds. The maximum Gasteiger partial charge on any atom is 0.336 e. The quantitative estimate of drug-likeness (QED) is 0.0110. The number of carbonyl (C=O) groups is 6. The predicted molar refractivity (Wildman–Crippen MR) is 292 cm³/mol. The van der Waals surface area contributed by atoms with E-state index in [0.717, 1.165) is 37.8 Å². The molecule has 27 heteroatoms. The number of nitrogens with one attached hydrogen (secondary N) is 3. The van der Waals surface area contributed by atoms with E-state index in [1.165, 1.54) is 30.3 Å². The molecule has 2 saturated heterocycles. The van der Waals surface area contributed by atoms with Crippen molar-refractivity contribution in [1.29, 1.82) is 0 Å². The highest BCUT2D eigenvalue weighted by Crippen LogP contribution is 2.45. The molecule has 24 nitrogen and oxygen atoms in total. The predicted octanol–water partition coefficient (Wildman–Crippen LogP) is 2.64. The Kier molecular flexibility index (Phi) is 23.8. The highest BCUT2D eigenvalue weighted by molar-refractivity contribution is 7.86. The summed E-state index contributed by atoms with van der Waals surface area (Å²) in [6.07, 6.45) is 5.92. The molecule has 0 radical (unpaired) electrons. The first-order valence-corrected chi connectivity index (χ1v) is 30.0. The van der Waals surface area contributed by atoms with E-state index >= 15 is 0 Å². The van der Waals surface area contributed by atoms with Crippen LogP contribution in [0.25, 0.3) is 33.4 Å². The van der Waals surface area contributed by atoms with Crippen LogP contribution in [0.1, 0.15) is 113 Å². The zero-order valence-electron chi connectivity index (χ0n) is 45.2. The van der Waals surface area contributed by atoms with E-state index in [-0.39, 0.29) is 92.1 Å². The molecule has 2 fully saturated rings. The number of nitrogens with zero attached hydrogens (tertiary/aromatic N) is 1. The maximum atomic E-state index is 13.4. The Morgan fingerprint density at radius 1 is 0.778 bits per heavy atom. The van der Waals surface area contributed by atoms with E-state index in [9.17, 15) is 54.7 Å². The smallest absolute Gasteiger partial charge is 0.336 e. The van der Waals surface area contributed by atoms with Gasteiger partial charge in [-0.1, -0.05) is 25.3 Å². The number of aryl methyl sites for hydroxylation is 1. The molecular formula is C54H69N6O18S3-. The summed E-state index contributed by atoms with van der Waals surface area (Å²) in [4.78, 5) is 79.6. The fraction of sp³-hybridized carbons (Fsp3) is 0.519. The number of imide groups is 1. The molecule has 3 aliphatic heterocycles. The average Bonchev–Trinajstić information content (AvgIpc) is 3.24. The van der Waals surface area contributed by atoms with Crippen molar-refractivity contribution in [1.82, 2.24) is 21.0 Å². The summed E-state index contributed by atoms with van der Waals surface area (Å²) < 4.78 is 103. The zero-order chi connectivity index (χ0) is 58.9. The van der Waals surface area contributed by atoms with Crippen molar-refractivity contribution >= 4 is 89.5 Å². The first kappa shape index (κ1) is 63.9. The van der Waals surface area contributed by atoms with Crippen molar-refractivity contribution < 1.29 is 88.3 Å². The van der Waals surface area contributed by atoms with Gasteiger partial charge in [-0.25, -0.2) is 21.6 Å². The van der Waals surface area contributed by atoms with Gasteiger partial charge in [-0.2, -0.15) is 0 Å². The fourth-order valence-electron chi connectivity index (χ4n) is 9.48. The van der Waals surface area contributed by atoms with Gasteiger partial charge in [0, 0.05) is 91.9 Å². The molecule has 3 heterocycles. The first-order valence-electron chi connectivity index (χ1n) is 26.8. The van der Waals surface area contributed by atoms with Gasteiger partial charge in [0.1, 0.15) is 36.7 Å². The zero-order valence-corrected chi connectivity index (χ0v) is 47.7. The van der Waals surface area contributed by atoms with Gasteiger partial charge in [-0.05, 0) is 99.6 Å². The summed E-state index contributed by atoms with van der Waals surface area (Å²) >= 11 is 5.16. The molecule has 81 heavy (non-hydrogen) atoms. The fourth-order valence-corrected chi connectivity index (χ4v) is 11.3. The topological polar surface area (TPSA) is 367 Å². The maximum absolute atomic E-state index is 13.4. The number of unbranched alkanes of at least 4 members (excludes halogenated alkanes) is 3. The molecule has 0 aromatic heterocycles. The summed E-state index contributed by atoms with van der Waals surface area (Å²) in [5.74, 6) is -4.51. The Bertz CT molecular complexity index is 3190. The van der Waals surface area contributed by atoms with Gasteiger partial charge < -0.3 is 59.0 Å². The Morgan fingerprint density at radius 2 is 1.41 bits per heavy atom. The van der Waals surface area contributed by atoms with Crippen LogP contribution in [0, 0.1) is 12.8 Å². The average molecular weight is 1190 g/mol. The van der Waals surface area contributed by atoms with Crippen molar-refractivity contribution in [2.45, 2.75) is 126 Å². The molecule has 4 aliphatic rings. The van der Waals surface area contributed by atoms with E-state index in [1.54, 1.807) is 6.92 Å². The lowest BCUT2D eigenvalue weighted by Gasteiger charge is -2.22. The minimum absolute atomic E-state index is 0.0164. The van der Waals surface area contributed by atoms with Gasteiger partial charge in [-0.3, -0.25) is 29.4 Å². The van der Waals surface area contributed by atoms with Crippen LogP contribution in [0.2, 0.25) is 0 Å². The van der Waals surface area contributed by atoms with Crippen LogP contribution >= 0.6 is 12.2 Å². The van der Waals surface area contributed by atoms with Crippen molar-refractivity contribution in [3.8, 4) is 22.5 Å². The third-order valence-electron chi connectivity index (χ3n) is 13.7. The summed E-state index contributed by atoms with van der Waals surface area (Å²) in [5, 5.41) is 15.8. The number of nitrogens with two attached hydrogens (primary N) is 2. The molecule has 442 valence electrons. The Morgan fingerprint density at radius 3 is 2.04 bits per heavy atom. The van der Waals surface area contributed by atoms with E-state index in [0.29, 0.717) is 98.5 Å². The minimum Gasteiger partial charge on any atom is -0.744 e. The highest BCUT2D eigenvalue weighted by Gasteiger charge is 2.36. The number of nitrogen functional groups attached to an aromatic ring is 1. The monoisotopic (exact) mass is 1190 g/mol. The first-order chi connectivity index (χ1) is 38.5. The van der Waals surface area contributed by atoms with Gasteiger partial charge in [0.15, 0.2) is 21.4 Å². The molecule has 0 unspecified atom stereocenters. The second kappa shape index (κ2) is 30.1. The van der Waals surface area contributed by atoms with Crippen LogP contribution < -0.4 is 32.5 Å². The second-order valence-electron chi connectivity index (χ2n) is 19.8. The summed E-state index contributed by atoms with van der Waals surface area (Å²) in [6, 6.07) is 10.2. The lowest BCUT2D eigenvalue weighted by molar-refractivity contribution is -0.201. The van der Waals surface area contributed by atoms with E-state index in [4.69, 9.17) is 51.6 Å². The normalized spacial score (nSPS) is 16.0. The van der Waals surface area contributed by atoms with Crippen LogP contribution in [0.15, 0.2) is 56.7 Å². The van der Waals surface area contributed by atoms with Gasteiger partial charge in [0.25, 0.3) is 17.7 Å². The number of rotatable bonds is 35. The largest absolute Gasteiger partial charge is 0.744 e. The number of hydroxylamine groups is 2. The molecule has 2 aromatic rings. The van der Waals surface area contributed by atoms with E-state index in [1.807, 2.05) is 0 Å². The van der Waals surface area contributed by atoms with Crippen molar-refractivity contribution in [2.24, 2.45) is 5.92 Å². The highest BCUT2D eigenvalue weighted by atomic mass is 32.2. The second-order valence-corrected chi connectivity index (χ2v) is 22.8. The SMILES string of the molecule is Cc1cc(C(=O)NCCCC[C@H](CC(=O)CCOCCOCCOCCOCCCC(=O)CCCCC[C@H]2NC(=S)N[C@H]2C)C(=O)ON2C(=O)CCC2=O)ccc1-c1c2ccc(=[NH2+])c(S(=O)(=O)[O-])c-2oc2c(S(=O)(=O)[O-])c(N)ccc12. The number of benzene rings is 3. The molecule has 1 aliphatic carbocycles. The third kappa shape index (κ3) is 18.3. The number of anilines is 1. The molecule has 0 bridgehead atoms. The number of carbonyl (C=O) groups excluding carboxylic acids is 6. The van der Waals surface area contributed by atoms with Crippen LogP contribution in [-0.2, 0) is 68.0 Å². The van der Waals surface area contributed by atoms with Crippen molar-refractivity contribution in [2.75, 3.05) is 65.1 Å². The molecule has 2 aromatic carbocycles. The Balaban J connectivity index is 0.898. The van der Waals surface area contributed by atoms with Gasteiger partial charge in [-0.15, -0.1) is 5.06 Å². The molecule has 3 atom stereocenters. The number of amides is 3. The number of ether oxygens (including phenoxy) is 4. The van der Waals surface area contributed by atoms with Crippen LogP contribution in [-0.4, -0.2) is 143 Å². The van der Waals surface area contributed by atoms with E-state index < -0.39 is 82.0 Å². The van der Waals surface area contributed by atoms with Gasteiger partial charge >= 0.3 is 5.97 Å². The van der Waals surface area contributed by atoms with Crippen LogP contribution in [0.5, 0.6) is 0 Å². The summed E-state index contributed by atoms with van der Waals surface area (Å²) in [5.41, 5.74) is 5.88. The number of hydrogen-bond acceptors (Lipinski definition) is 20. The Hall–Kier alpha value is -6.30. The lowest BCUT2D eigenvalue weighted by Crippen LogP contribution is -2.47. The van der Waals surface area contributed by atoms with E-state index in [2.05, 4.69) is 22.9 Å². The van der Waals surface area contributed by atoms with Crippen molar-refractivity contribution in [3.05, 3.63) is 58.9 Å². The summed E-state index contributed by atoms with van der Waals surface area (Å²) in [7, 11) is -10.7. The standard InChI is InChI=1S/C54H70N6O18S3/c1-33-31-35(13-14-39(33)47-40-15-17-42(55)50(80(67,68)69)48(40)77-49-41(47)16-18-43(56)51(49)81(70,71)72)52(65)57-22-7-6-9-36(53(66)78-60-45(63)19-20-46(60)64)32-38(62)21-24-74-26-28-76-30-29-75-27-25-73-23-8-11-37(61)10-4-3-5-12-44-34(2)58-54(79)59-44/h13-18,31,34,36,44,55H,3-12,19-30,32,56H2,1-2H3,(H,57,65)(H2,58,59,79)(H,67,68,69)(H,70,71,72)/p-1/t34-,36+,44+/m0/s1. The molecule has 7 N–H and O–H groups in total. The number of thiocarbonyl (C=S) groups is 1.